The Morgan fingerprint density at radius 3 is 2.96 bits per heavy atom. The fourth-order valence-corrected chi connectivity index (χ4v) is 3.25. The Kier molecular flexibility index (Phi) is 5.25. The number of rotatable bonds is 6. The molecule has 23 heavy (non-hydrogen) atoms. The van der Waals surface area contributed by atoms with Crippen LogP contribution in [0.5, 0.6) is 5.75 Å². The van der Waals surface area contributed by atoms with Gasteiger partial charge in [0.25, 0.3) is 5.91 Å². The zero-order valence-corrected chi connectivity index (χ0v) is 13.9. The fraction of sp³-hybridized carbons (Fsp3) is 0.412. The lowest BCUT2D eigenvalue weighted by Gasteiger charge is -2.07. The van der Waals surface area contributed by atoms with Crippen molar-refractivity contribution >= 4 is 17.2 Å². The van der Waals surface area contributed by atoms with E-state index in [4.69, 9.17) is 9.47 Å². The lowest BCUT2D eigenvalue weighted by Crippen LogP contribution is -2.29. The monoisotopic (exact) mass is 332 g/mol. The summed E-state index contributed by atoms with van der Waals surface area (Å²) in [6.07, 6.45) is 1.01. The highest BCUT2D eigenvalue weighted by Gasteiger charge is 2.18. The Hall–Kier alpha value is -1.92. The highest BCUT2D eigenvalue weighted by molar-refractivity contribution is 7.13. The Balaban J connectivity index is 1.61. The minimum atomic E-state index is -0.120. The largest absolute Gasteiger partial charge is 0.494 e. The molecule has 2 heterocycles. The van der Waals surface area contributed by atoms with E-state index in [1.54, 1.807) is 5.38 Å². The number of hydrogen-bond donors (Lipinski definition) is 1. The van der Waals surface area contributed by atoms with Crippen molar-refractivity contribution in [3.63, 3.8) is 0 Å². The molecule has 2 aromatic rings. The molecule has 5 nitrogen and oxygen atoms in total. The van der Waals surface area contributed by atoms with Gasteiger partial charge in [-0.05, 0) is 37.6 Å². The highest BCUT2D eigenvalue weighted by atomic mass is 32.1. The maximum absolute atomic E-state index is 12.2. The van der Waals surface area contributed by atoms with Gasteiger partial charge in [-0.2, -0.15) is 0 Å². The van der Waals surface area contributed by atoms with E-state index in [2.05, 4.69) is 10.3 Å². The third-order valence-corrected chi connectivity index (χ3v) is 4.62. The molecule has 3 rings (SSSR count). The summed E-state index contributed by atoms with van der Waals surface area (Å²) in [4.78, 5) is 16.6. The number of ether oxygens (including phenoxy) is 2. The Labute approximate surface area is 139 Å². The van der Waals surface area contributed by atoms with E-state index in [9.17, 15) is 4.79 Å². The summed E-state index contributed by atoms with van der Waals surface area (Å²) in [5, 5.41) is 5.57. The maximum Gasteiger partial charge on any atom is 0.270 e. The molecule has 0 saturated carbocycles. The van der Waals surface area contributed by atoms with Crippen LogP contribution in [0.4, 0.5) is 0 Å². The Bertz CT molecular complexity index is 648. The predicted octanol–water partition coefficient (Wildman–Crippen LogP) is 2.98. The van der Waals surface area contributed by atoms with E-state index in [1.807, 2.05) is 31.2 Å². The van der Waals surface area contributed by atoms with Gasteiger partial charge in [-0.1, -0.05) is 0 Å². The molecule has 0 aliphatic carbocycles. The number of carbonyl (C=O) groups is 1. The molecule has 1 amide bonds. The van der Waals surface area contributed by atoms with Crippen molar-refractivity contribution in [1.82, 2.24) is 10.3 Å². The summed E-state index contributed by atoms with van der Waals surface area (Å²) in [7, 11) is 0. The first kappa shape index (κ1) is 16.0. The lowest BCUT2D eigenvalue weighted by atomic mass is 10.1. The predicted molar refractivity (Wildman–Crippen MR) is 90.0 cm³/mol. The summed E-state index contributed by atoms with van der Waals surface area (Å²) in [5.41, 5.74) is 1.46. The van der Waals surface area contributed by atoms with Gasteiger partial charge >= 0.3 is 0 Å². The van der Waals surface area contributed by atoms with Crippen LogP contribution in [0.25, 0.3) is 10.6 Å². The first-order chi connectivity index (χ1) is 11.3. The van der Waals surface area contributed by atoms with E-state index in [-0.39, 0.29) is 5.91 Å². The number of benzene rings is 1. The molecule has 1 aromatic heterocycles. The van der Waals surface area contributed by atoms with E-state index in [0.717, 1.165) is 36.0 Å². The molecule has 0 spiro atoms. The van der Waals surface area contributed by atoms with Crippen LogP contribution in [0.2, 0.25) is 0 Å². The molecule has 1 aromatic carbocycles. The topological polar surface area (TPSA) is 60.5 Å². The average Bonchev–Trinajstić information content (AvgIpc) is 3.25. The summed E-state index contributed by atoms with van der Waals surface area (Å²) < 4.78 is 10.7. The second-order valence-electron chi connectivity index (χ2n) is 5.43. The number of carbonyl (C=O) groups excluding carboxylic acids is 1. The van der Waals surface area contributed by atoms with Crippen LogP contribution in [0.1, 0.15) is 23.8 Å². The third-order valence-electron chi connectivity index (χ3n) is 3.72. The van der Waals surface area contributed by atoms with Gasteiger partial charge < -0.3 is 14.8 Å². The molecular formula is C17H20N2O3S. The molecule has 6 heteroatoms. The van der Waals surface area contributed by atoms with Crippen LogP contribution >= 0.6 is 11.3 Å². The quantitative estimate of drug-likeness (QED) is 0.883. The van der Waals surface area contributed by atoms with Crippen LogP contribution < -0.4 is 10.1 Å². The van der Waals surface area contributed by atoms with E-state index < -0.39 is 0 Å². The van der Waals surface area contributed by atoms with Gasteiger partial charge in [0.2, 0.25) is 0 Å². The van der Waals surface area contributed by atoms with Crippen molar-refractivity contribution < 1.29 is 14.3 Å². The van der Waals surface area contributed by atoms with Gasteiger partial charge in [-0.25, -0.2) is 4.98 Å². The van der Waals surface area contributed by atoms with Crippen molar-refractivity contribution in [1.29, 1.82) is 0 Å². The molecule has 1 atom stereocenters. The molecule has 122 valence electrons. The zero-order valence-electron chi connectivity index (χ0n) is 13.1. The van der Waals surface area contributed by atoms with E-state index >= 15 is 0 Å². The van der Waals surface area contributed by atoms with E-state index in [1.165, 1.54) is 11.3 Å². The normalized spacial score (nSPS) is 17.2. The molecular weight excluding hydrogens is 312 g/mol. The van der Waals surface area contributed by atoms with Gasteiger partial charge in [0.1, 0.15) is 16.5 Å². The van der Waals surface area contributed by atoms with Gasteiger partial charge in [-0.3, -0.25) is 4.79 Å². The number of hydrogen-bond acceptors (Lipinski definition) is 5. The summed E-state index contributed by atoms with van der Waals surface area (Å²) in [6, 6.07) is 7.75. The van der Waals surface area contributed by atoms with Crippen molar-refractivity contribution in [3.8, 4) is 16.3 Å². The van der Waals surface area contributed by atoms with Crippen LogP contribution in [0.3, 0.4) is 0 Å². The standard InChI is InChI=1S/C17H20N2O3S/c1-2-22-14-5-3-13(4-6-14)17-19-15(11-23-17)16(20)18-9-12-7-8-21-10-12/h3-6,11-12H,2,7-10H2,1H3,(H,18,20)/t12-/m0/s1. The molecule has 1 aliphatic heterocycles. The molecule has 0 unspecified atom stereocenters. The lowest BCUT2D eigenvalue weighted by molar-refractivity contribution is 0.0941. The van der Waals surface area contributed by atoms with Crippen molar-refractivity contribution in [2.24, 2.45) is 5.92 Å². The molecule has 1 fully saturated rings. The first-order valence-corrected chi connectivity index (χ1v) is 8.69. The molecule has 0 bridgehead atoms. The SMILES string of the molecule is CCOc1ccc(-c2nc(C(=O)NC[C@@H]3CCOC3)cs2)cc1. The summed E-state index contributed by atoms with van der Waals surface area (Å²) in [5.74, 6) is 1.14. The average molecular weight is 332 g/mol. The van der Waals surface area contributed by atoms with Crippen LogP contribution in [0.15, 0.2) is 29.6 Å². The van der Waals surface area contributed by atoms with Gasteiger partial charge in [-0.15, -0.1) is 11.3 Å². The first-order valence-electron chi connectivity index (χ1n) is 7.81. The number of thiazole rings is 1. The molecule has 1 N–H and O–H groups in total. The number of aromatic nitrogens is 1. The zero-order chi connectivity index (χ0) is 16.1. The fourth-order valence-electron chi connectivity index (χ4n) is 2.44. The van der Waals surface area contributed by atoms with Crippen molar-refractivity contribution in [3.05, 3.63) is 35.3 Å². The Morgan fingerprint density at radius 1 is 1.43 bits per heavy atom. The summed E-state index contributed by atoms with van der Waals surface area (Å²) in [6.45, 7) is 4.77. The van der Waals surface area contributed by atoms with E-state index in [0.29, 0.717) is 24.8 Å². The molecule has 0 radical (unpaired) electrons. The summed E-state index contributed by atoms with van der Waals surface area (Å²) >= 11 is 1.47. The second-order valence-corrected chi connectivity index (χ2v) is 6.29. The number of amides is 1. The minimum Gasteiger partial charge on any atom is -0.494 e. The van der Waals surface area contributed by atoms with Crippen LogP contribution in [0, 0.1) is 5.92 Å². The molecule has 1 aliphatic rings. The minimum absolute atomic E-state index is 0.120. The Morgan fingerprint density at radius 2 is 2.26 bits per heavy atom. The smallest absolute Gasteiger partial charge is 0.270 e. The third kappa shape index (κ3) is 4.09. The number of nitrogens with one attached hydrogen (secondary N) is 1. The van der Waals surface area contributed by atoms with Gasteiger partial charge in [0.15, 0.2) is 0 Å². The van der Waals surface area contributed by atoms with Crippen LogP contribution in [-0.4, -0.2) is 37.3 Å². The van der Waals surface area contributed by atoms with Crippen LogP contribution in [-0.2, 0) is 4.74 Å². The van der Waals surface area contributed by atoms with Gasteiger partial charge in [0, 0.05) is 30.0 Å². The van der Waals surface area contributed by atoms with Crippen molar-refractivity contribution in [2.75, 3.05) is 26.4 Å². The molecule has 1 saturated heterocycles. The number of nitrogens with zero attached hydrogens (tertiary/aromatic N) is 1. The highest BCUT2D eigenvalue weighted by Crippen LogP contribution is 2.25. The van der Waals surface area contributed by atoms with Gasteiger partial charge in [0.05, 0.1) is 13.2 Å². The maximum atomic E-state index is 12.2. The van der Waals surface area contributed by atoms with Crippen molar-refractivity contribution in [2.45, 2.75) is 13.3 Å². The second kappa shape index (κ2) is 7.57.